The number of hydrogen-bond donors (Lipinski definition) is 2. The molecular formula is C21H23N3O3S. The summed E-state index contributed by atoms with van der Waals surface area (Å²) in [5, 5.41) is 7.98. The van der Waals surface area contributed by atoms with Crippen LogP contribution in [0.1, 0.15) is 5.56 Å². The molecule has 0 bridgehead atoms. The molecule has 2 N–H and O–H groups in total. The van der Waals surface area contributed by atoms with E-state index in [2.05, 4.69) is 15.6 Å². The highest BCUT2D eigenvalue weighted by atomic mass is 32.1. The molecular weight excluding hydrogens is 374 g/mol. The minimum atomic E-state index is 0.552. The summed E-state index contributed by atoms with van der Waals surface area (Å²) in [7, 11) is 4.89. The van der Waals surface area contributed by atoms with Crippen molar-refractivity contribution in [2.75, 3.05) is 33.2 Å². The lowest BCUT2D eigenvalue weighted by molar-refractivity contribution is 0.354. The van der Waals surface area contributed by atoms with Crippen molar-refractivity contribution in [3.8, 4) is 17.2 Å². The molecule has 0 radical (unpaired) electrons. The van der Waals surface area contributed by atoms with Crippen molar-refractivity contribution in [2.45, 2.75) is 6.42 Å². The fourth-order valence-corrected chi connectivity index (χ4v) is 3.16. The molecule has 0 aliphatic rings. The molecule has 0 unspecified atom stereocenters. The Kier molecular flexibility index (Phi) is 6.49. The number of thiocarbonyl (C=S) groups is 1. The largest absolute Gasteiger partial charge is 0.494 e. The first-order valence-electron chi connectivity index (χ1n) is 8.83. The van der Waals surface area contributed by atoms with E-state index in [4.69, 9.17) is 26.4 Å². The van der Waals surface area contributed by atoms with Gasteiger partial charge in [0.1, 0.15) is 11.3 Å². The normalized spacial score (nSPS) is 10.4. The molecule has 1 heterocycles. The van der Waals surface area contributed by atoms with Gasteiger partial charge in [-0.3, -0.25) is 4.98 Å². The van der Waals surface area contributed by atoms with E-state index < -0.39 is 0 Å². The van der Waals surface area contributed by atoms with E-state index >= 15 is 0 Å². The zero-order chi connectivity index (χ0) is 19.9. The molecule has 0 fully saturated rings. The Bertz CT molecular complexity index is 978. The number of nitrogens with one attached hydrogen (secondary N) is 2. The van der Waals surface area contributed by atoms with Gasteiger partial charge in [-0.15, -0.1) is 0 Å². The fourth-order valence-electron chi connectivity index (χ4n) is 2.94. The zero-order valence-electron chi connectivity index (χ0n) is 16.1. The van der Waals surface area contributed by atoms with Crippen LogP contribution in [0.5, 0.6) is 17.2 Å². The SMILES string of the molecule is COc1ccc(CCNC(=S)Nc2ccc(OC)c3ncccc23)cc1OC. The molecule has 2 aromatic carbocycles. The van der Waals surface area contributed by atoms with E-state index in [1.807, 2.05) is 42.5 Å². The van der Waals surface area contributed by atoms with Crippen molar-refractivity contribution in [3.05, 3.63) is 54.2 Å². The van der Waals surface area contributed by atoms with Crippen molar-refractivity contribution in [3.63, 3.8) is 0 Å². The minimum Gasteiger partial charge on any atom is -0.494 e. The number of nitrogens with zero attached hydrogens (tertiary/aromatic N) is 1. The number of pyridine rings is 1. The molecule has 0 aliphatic heterocycles. The third kappa shape index (κ3) is 4.43. The van der Waals surface area contributed by atoms with Crippen LogP contribution >= 0.6 is 12.2 Å². The summed E-state index contributed by atoms with van der Waals surface area (Å²) in [5.74, 6) is 2.17. The fraction of sp³-hybridized carbons (Fsp3) is 0.238. The van der Waals surface area contributed by atoms with Crippen molar-refractivity contribution in [2.24, 2.45) is 0 Å². The monoisotopic (exact) mass is 397 g/mol. The first kappa shape index (κ1) is 19.7. The molecule has 0 saturated heterocycles. The van der Waals surface area contributed by atoms with Gasteiger partial charge in [0.05, 0.1) is 21.3 Å². The summed E-state index contributed by atoms with van der Waals surface area (Å²) in [5.41, 5.74) is 2.81. The number of anilines is 1. The summed E-state index contributed by atoms with van der Waals surface area (Å²) in [6.45, 7) is 0.688. The predicted octanol–water partition coefficient (Wildman–Crippen LogP) is 3.79. The second kappa shape index (κ2) is 9.23. The molecule has 146 valence electrons. The average Bonchev–Trinajstić information content (AvgIpc) is 2.73. The highest BCUT2D eigenvalue weighted by Gasteiger charge is 2.09. The van der Waals surface area contributed by atoms with Gasteiger partial charge in [0.2, 0.25) is 0 Å². The Hall–Kier alpha value is -3.06. The van der Waals surface area contributed by atoms with Crippen LogP contribution in [0, 0.1) is 0 Å². The molecule has 3 aromatic rings. The van der Waals surface area contributed by atoms with Gasteiger partial charge in [-0.2, -0.15) is 0 Å². The van der Waals surface area contributed by atoms with Crippen LogP contribution in [0.2, 0.25) is 0 Å². The topological polar surface area (TPSA) is 64.6 Å². The quantitative estimate of drug-likeness (QED) is 0.588. The van der Waals surface area contributed by atoms with Crippen LogP contribution in [0.3, 0.4) is 0 Å². The summed E-state index contributed by atoms with van der Waals surface area (Å²) < 4.78 is 16.0. The number of aromatic nitrogens is 1. The van der Waals surface area contributed by atoms with E-state index in [1.165, 1.54) is 0 Å². The molecule has 0 aliphatic carbocycles. The van der Waals surface area contributed by atoms with E-state index in [9.17, 15) is 0 Å². The zero-order valence-corrected chi connectivity index (χ0v) is 16.9. The van der Waals surface area contributed by atoms with E-state index in [-0.39, 0.29) is 0 Å². The lowest BCUT2D eigenvalue weighted by Gasteiger charge is -2.14. The van der Waals surface area contributed by atoms with Gasteiger partial charge >= 0.3 is 0 Å². The van der Waals surface area contributed by atoms with Gasteiger partial charge < -0.3 is 24.8 Å². The summed E-state index contributed by atoms with van der Waals surface area (Å²) in [4.78, 5) is 4.40. The van der Waals surface area contributed by atoms with Crippen LogP contribution in [-0.4, -0.2) is 38.0 Å². The second-order valence-electron chi connectivity index (χ2n) is 6.04. The van der Waals surface area contributed by atoms with Gasteiger partial charge in [0.15, 0.2) is 16.6 Å². The first-order chi connectivity index (χ1) is 13.7. The van der Waals surface area contributed by atoms with Crippen LogP contribution in [0.15, 0.2) is 48.7 Å². The van der Waals surface area contributed by atoms with Crippen LogP contribution in [-0.2, 0) is 6.42 Å². The van der Waals surface area contributed by atoms with Crippen molar-refractivity contribution in [1.82, 2.24) is 10.3 Å². The Morgan fingerprint density at radius 1 is 0.964 bits per heavy atom. The third-order valence-corrected chi connectivity index (χ3v) is 4.59. The number of fused-ring (bicyclic) bond motifs is 1. The Balaban J connectivity index is 1.62. The Morgan fingerprint density at radius 3 is 2.46 bits per heavy atom. The number of ether oxygens (including phenoxy) is 3. The Morgan fingerprint density at radius 2 is 1.71 bits per heavy atom. The molecule has 0 spiro atoms. The first-order valence-corrected chi connectivity index (χ1v) is 9.24. The standard InChI is InChI=1S/C21H23N3O3S/c1-25-17-8-6-14(13-19(17)27-3)10-12-23-21(28)24-16-7-9-18(26-2)20-15(16)5-4-11-22-20/h4-9,11,13H,10,12H2,1-3H3,(H2,23,24,28). The highest BCUT2D eigenvalue weighted by Crippen LogP contribution is 2.30. The molecule has 0 saturated carbocycles. The number of methoxy groups -OCH3 is 3. The maximum Gasteiger partial charge on any atom is 0.170 e. The van der Waals surface area contributed by atoms with Gasteiger partial charge in [-0.1, -0.05) is 6.07 Å². The van der Waals surface area contributed by atoms with Gasteiger partial charge in [0, 0.05) is 23.8 Å². The lowest BCUT2D eigenvalue weighted by atomic mass is 10.1. The number of benzene rings is 2. The molecule has 3 rings (SSSR count). The Labute approximate surface area is 169 Å². The van der Waals surface area contributed by atoms with Crippen molar-refractivity contribution in [1.29, 1.82) is 0 Å². The lowest BCUT2D eigenvalue weighted by Crippen LogP contribution is -2.30. The van der Waals surface area contributed by atoms with Crippen LogP contribution < -0.4 is 24.8 Å². The van der Waals surface area contributed by atoms with Gasteiger partial charge in [-0.05, 0) is 60.6 Å². The molecule has 1 aromatic heterocycles. The summed E-state index contributed by atoms with van der Waals surface area (Å²) >= 11 is 5.45. The summed E-state index contributed by atoms with van der Waals surface area (Å²) in [6.07, 6.45) is 2.54. The number of rotatable bonds is 7. The molecule has 0 atom stereocenters. The molecule has 28 heavy (non-hydrogen) atoms. The van der Waals surface area contributed by atoms with Crippen LogP contribution in [0.25, 0.3) is 10.9 Å². The van der Waals surface area contributed by atoms with E-state index in [1.54, 1.807) is 27.5 Å². The van der Waals surface area contributed by atoms with E-state index in [0.717, 1.165) is 45.8 Å². The number of hydrogen-bond acceptors (Lipinski definition) is 5. The van der Waals surface area contributed by atoms with Gasteiger partial charge in [-0.25, -0.2) is 0 Å². The second-order valence-corrected chi connectivity index (χ2v) is 6.44. The van der Waals surface area contributed by atoms with Crippen molar-refractivity contribution < 1.29 is 14.2 Å². The van der Waals surface area contributed by atoms with Crippen LogP contribution in [0.4, 0.5) is 5.69 Å². The molecule has 0 amide bonds. The smallest absolute Gasteiger partial charge is 0.170 e. The average molecular weight is 398 g/mol. The molecule has 7 heteroatoms. The minimum absolute atomic E-state index is 0.552. The molecule has 6 nitrogen and oxygen atoms in total. The van der Waals surface area contributed by atoms with E-state index in [0.29, 0.717) is 11.7 Å². The van der Waals surface area contributed by atoms with Gasteiger partial charge in [0.25, 0.3) is 0 Å². The maximum absolute atomic E-state index is 5.45. The predicted molar refractivity (Wildman–Crippen MR) is 116 cm³/mol. The summed E-state index contributed by atoms with van der Waals surface area (Å²) in [6, 6.07) is 13.6. The third-order valence-electron chi connectivity index (χ3n) is 4.35. The highest BCUT2D eigenvalue weighted by molar-refractivity contribution is 7.80. The maximum atomic E-state index is 5.45. The van der Waals surface area contributed by atoms with Crippen molar-refractivity contribution >= 4 is 33.9 Å².